The van der Waals surface area contributed by atoms with Crippen molar-refractivity contribution in [3.8, 4) is 11.4 Å². The van der Waals surface area contributed by atoms with Crippen molar-refractivity contribution < 1.29 is 9.59 Å². The number of carbonyl (C=O) groups excluding carboxylic acids is 2. The quantitative estimate of drug-likeness (QED) is 0.604. The van der Waals surface area contributed by atoms with E-state index in [9.17, 15) is 9.59 Å². The number of nitrogens with one attached hydrogen (secondary N) is 3. The maximum atomic E-state index is 12.0. The van der Waals surface area contributed by atoms with Crippen molar-refractivity contribution in [3.63, 3.8) is 0 Å². The van der Waals surface area contributed by atoms with Gasteiger partial charge in [0.15, 0.2) is 5.82 Å². The predicted molar refractivity (Wildman–Crippen MR) is 102 cm³/mol. The minimum Gasteiger partial charge on any atom is -0.369 e. The fourth-order valence-corrected chi connectivity index (χ4v) is 3.17. The van der Waals surface area contributed by atoms with Crippen LogP contribution in [0.2, 0.25) is 0 Å². The lowest BCUT2D eigenvalue weighted by Gasteiger charge is -2.31. The second-order valence-corrected chi connectivity index (χ2v) is 6.74. The molecule has 1 aliphatic rings. The predicted octanol–water partition coefficient (Wildman–Crippen LogP) is 1.10. The Kier molecular flexibility index (Phi) is 6.02. The molecule has 1 atom stereocenters. The molecule has 144 valence electrons. The Morgan fingerprint density at radius 2 is 2.11 bits per heavy atom. The SMILES string of the molecule is Cc1nc(-c2ccc(NC(=O)NCCN3CCC[C@H](C(N)=O)C3)cc2)n[nH]1. The number of hydrogen-bond acceptors (Lipinski definition) is 5. The number of carbonyl (C=O) groups is 2. The minimum atomic E-state index is -0.264. The molecule has 0 saturated carbocycles. The Hall–Kier alpha value is -2.94. The van der Waals surface area contributed by atoms with Gasteiger partial charge in [0.25, 0.3) is 0 Å². The van der Waals surface area contributed by atoms with Crippen LogP contribution in [0.15, 0.2) is 24.3 Å². The number of anilines is 1. The summed E-state index contributed by atoms with van der Waals surface area (Å²) in [4.78, 5) is 29.8. The van der Waals surface area contributed by atoms with E-state index in [4.69, 9.17) is 5.73 Å². The number of aromatic nitrogens is 3. The largest absolute Gasteiger partial charge is 0.369 e. The van der Waals surface area contributed by atoms with Gasteiger partial charge in [0, 0.05) is 30.9 Å². The smallest absolute Gasteiger partial charge is 0.319 e. The first kappa shape index (κ1) is 18.8. The summed E-state index contributed by atoms with van der Waals surface area (Å²) in [5, 5.41) is 12.5. The van der Waals surface area contributed by atoms with Crippen LogP contribution in [-0.2, 0) is 4.79 Å². The molecule has 9 nitrogen and oxygen atoms in total. The molecule has 5 N–H and O–H groups in total. The molecule has 0 aliphatic carbocycles. The third-order valence-electron chi connectivity index (χ3n) is 4.62. The third-order valence-corrected chi connectivity index (χ3v) is 4.62. The molecule has 1 aromatic carbocycles. The number of likely N-dealkylation sites (tertiary alicyclic amines) is 1. The van der Waals surface area contributed by atoms with Crippen LogP contribution in [0.4, 0.5) is 10.5 Å². The number of aryl methyl sites for hydroxylation is 1. The fraction of sp³-hybridized carbons (Fsp3) is 0.444. The van der Waals surface area contributed by atoms with E-state index in [1.807, 2.05) is 31.2 Å². The van der Waals surface area contributed by atoms with E-state index in [1.54, 1.807) is 0 Å². The second kappa shape index (κ2) is 8.63. The molecule has 2 aromatic rings. The van der Waals surface area contributed by atoms with E-state index >= 15 is 0 Å². The highest BCUT2D eigenvalue weighted by atomic mass is 16.2. The number of hydrogen-bond donors (Lipinski definition) is 4. The monoisotopic (exact) mass is 371 g/mol. The molecule has 0 bridgehead atoms. The molecule has 3 amide bonds. The van der Waals surface area contributed by atoms with Crippen LogP contribution >= 0.6 is 0 Å². The van der Waals surface area contributed by atoms with Crippen molar-refractivity contribution in [1.29, 1.82) is 0 Å². The molecule has 3 rings (SSSR count). The number of primary amides is 1. The van der Waals surface area contributed by atoms with E-state index in [2.05, 4.69) is 30.7 Å². The van der Waals surface area contributed by atoms with Crippen molar-refractivity contribution in [3.05, 3.63) is 30.1 Å². The number of amides is 3. The number of rotatable bonds is 6. The summed E-state index contributed by atoms with van der Waals surface area (Å²) in [7, 11) is 0. The van der Waals surface area contributed by atoms with E-state index in [-0.39, 0.29) is 17.9 Å². The Bertz CT molecular complexity index is 787. The summed E-state index contributed by atoms with van der Waals surface area (Å²) in [5.74, 6) is 1.05. The molecule has 0 radical (unpaired) electrons. The van der Waals surface area contributed by atoms with Gasteiger partial charge >= 0.3 is 6.03 Å². The lowest BCUT2D eigenvalue weighted by atomic mass is 9.97. The molecule has 1 fully saturated rings. The summed E-state index contributed by atoms with van der Waals surface area (Å²) in [5.41, 5.74) is 6.95. The van der Waals surface area contributed by atoms with Crippen LogP contribution in [0.25, 0.3) is 11.4 Å². The van der Waals surface area contributed by atoms with Gasteiger partial charge in [-0.1, -0.05) is 0 Å². The van der Waals surface area contributed by atoms with E-state index in [0.717, 1.165) is 30.8 Å². The zero-order valence-electron chi connectivity index (χ0n) is 15.4. The summed E-state index contributed by atoms with van der Waals surface area (Å²) in [6.45, 7) is 4.64. The number of aromatic amines is 1. The number of nitrogens with zero attached hydrogens (tertiary/aromatic N) is 3. The van der Waals surface area contributed by atoms with Crippen LogP contribution in [0.3, 0.4) is 0 Å². The van der Waals surface area contributed by atoms with Gasteiger partial charge in [-0.05, 0) is 50.6 Å². The molecule has 0 unspecified atom stereocenters. The highest BCUT2D eigenvalue weighted by Gasteiger charge is 2.23. The molecule has 1 aliphatic heterocycles. The van der Waals surface area contributed by atoms with E-state index in [1.165, 1.54) is 0 Å². The number of nitrogens with two attached hydrogens (primary N) is 1. The summed E-state index contributed by atoms with van der Waals surface area (Å²) in [6.07, 6.45) is 1.81. The van der Waals surface area contributed by atoms with Gasteiger partial charge in [0.2, 0.25) is 5.91 Å². The number of benzene rings is 1. The Morgan fingerprint density at radius 3 is 2.78 bits per heavy atom. The summed E-state index contributed by atoms with van der Waals surface area (Å²) < 4.78 is 0. The molecule has 1 aromatic heterocycles. The molecule has 27 heavy (non-hydrogen) atoms. The van der Waals surface area contributed by atoms with Crippen LogP contribution in [0.5, 0.6) is 0 Å². The van der Waals surface area contributed by atoms with Crippen LogP contribution in [-0.4, -0.2) is 58.2 Å². The van der Waals surface area contributed by atoms with Crippen LogP contribution in [0, 0.1) is 12.8 Å². The van der Waals surface area contributed by atoms with Gasteiger partial charge in [-0.25, -0.2) is 9.78 Å². The van der Waals surface area contributed by atoms with Crippen molar-refractivity contribution in [2.75, 3.05) is 31.5 Å². The van der Waals surface area contributed by atoms with Gasteiger partial charge in [0.05, 0.1) is 5.92 Å². The normalized spacial score (nSPS) is 17.4. The Morgan fingerprint density at radius 1 is 1.33 bits per heavy atom. The number of H-pyrrole nitrogens is 1. The second-order valence-electron chi connectivity index (χ2n) is 6.74. The average Bonchev–Trinajstić information content (AvgIpc) is 3.09. The van der Waals surface area contributed by atoms with Gasteiger partial charge in [0.1, 0.15) is 5.82 Å². The zero-order chi connectivity index (χ0) is 19.2. The van der Waals surface area contributed by atoms with Crippen molar-refractivity contribution in [2.24, 2.45) is 11.7 Å². The lowest BCUT2D eigenvalue weighted by molar-refractivity contribution is -0.123. The van der Waals surface area contributed by atoms with Gasteiger partial charge < -0.3 is 21.3 Å². The van der Waals surface area contributed by atoms with Crippen LogP contribution in [0.1, 0.15) is 18.7 Å². The standard InChI is InChI=1S/C18H25N7O2/c1-12-21-17(24-23-12)13-4-6-15(7-5-13)22-18(27)20-8-10-25-9-2-3-14(11-25)16(19)26/h4-7,14H,2-3,8-11H2,1H3,(H2,19,26)(H2,20,22,27)(H,21,23,24)/t14-/m0/s1. The first-order chi connectivity index (χ1) is 13.0. The Labute approximate surface area is 157 Å². The summed E-state index contributed by atoms with van der Waals surface area (Å²) >= 11 is 0. The molecule has 9 heteroatoms. The highest BCUT2D eigenvalue weighted by Crippen LogP contribution is 2.18. The topological polar surface area (TPSA) is 129 Å². The van der Waals surface area contributed by atoms with E-state index < -0.39 is 0 Å². The fourth-order valence-electron chi connectivity index (χ4n) is 3.17. The van der Waals surface area contributed by atoms with Crippen molar-refractivity contribution >= 4 is 17.6 Å². The highest BCUT2D eigenvalue weighted by molar-refractivity contribution is 5.89. The lowest BCUT2D eigenvalue weighted by Crippen LogP contribution is -2.44. The number of piperidine rings is 1. The van der Waals surface area contributed by atoms with Gasteiger partial charge in [-0.15, -0.1) is 0 Å². The average molecular weight is 371 g/mol. The molecule has 2 heterocycles. The van der Waals surface area contributed by atoms with Gasteiger partial charge in [-0.3, -0.25) is 9.89 Å². The molecular formula is C18H25N7O2. The van der Waals surface area contributed by atoms with Crippen molar-refractivity contribution in [2.45, 2.75) is 19.8 Å². The maximum Gasteiger partial charge on any atom is 0.319 e. The molecule has 1 saturated heterocycles. The van der Waals surface area contributed by atoms with Crippen LogP contribution < -0.4 is 16.4 Å². The molecular weight excluding hydrogens is 346 g/mol. The van der Waals surface area contributed by atoms with E-state index in [0.29, 0.717) is 31.1 Å². The first-order valence-corrected chi connectivity index (χ1v) is 9.07. The first-order valence-electron chi connectivity index (χ1n) is 9.07. The number of urea groups is 1. The summed E-state index contributed by atoms with van der Waals surface area (Å²) in [6, 6.07) is 7.07. The third kappa shape index (κ3) is 5.27. The zero-order valence-corrected chi connectivity index (χ0v) is 15.4. The molecule has 0 spiro atoms. The minimum absolute atomic E-state index is 0.0844. The Balaban J connectivity index is 1.42. The van der Waals surface area contributed by atoms with Gasteiger partial charge in [-0.2, -0.15) is 5.10 Å². The van der Waals surface area contributed by atoms with Crippen molar-refractivity contribution in [1.82, 2.24) is 25.4 Å². The maximum absolute atomic E-state index is 12.0.